The van der Waals surface area contributed by atoms with Crippen molar-refractivity contribution in [3.63, 3.8) is 0 Å². The topological polar surface area (TPSA) is 91.0 Å². The number of nitrogens with zero attached hydrogens (tertiary/aromatic N) is 2. The van der Waals surface area contributed by atoms with Crippen molar-refractivity contribution in [2.75, 3.05) is 36.6 Å². The number of alkyl halides is 3. The standard InChI is InChI=1S/C22H23F3N4O4S/c1-33-18-4-2-3-17(13-18)29(21(32)28-9-11-34-12-10-28)14-15-5-7-16(8-6-15)19(30)26-27-20(31)22(23,24)25/h2-8,13H,9-12,14H2,1H3,(H,26,30)(H,27,31). The van der Waals surface area contributed by atoms with Crippen LogP contribution in [0.1, 0.15) is 15.9 Å². The number of hydrogen-bond donors (Lipinski definition) is 2. The summed E-state index contributed by atoms with van der Waals surface area (Å²) in [6.45, 7) is 1.46. The van der Waals surface area contributed by atoms with Gasteiger partial charge in [-0.3, -0.25) is 25.3 Å². The largest absolute Gasteiger partial charge is 0.497 e. The van der Waals surface area contributed by atoms with Crippen LogP contribution in [0.2, 0.25) is 0 Å². The van der Waals surface area contributed by atoms with E-state index in [1.54, 1.807) is 63.4 Å². The Hall–Kier alpha value is -3.41. The molecule has 0 bridgehead atoms. The Morgan fingerprint density at radius 2 is 1.74 bits per heavy atom. The number of amides is 4. The summed E-state index contributed by atoms with van der Waals surface area (Å²) < 4.78 is 42.1. The van der Waals surface area contributed by atoms with E-state index < -0.39 is 18.0 Å². The van der Waals surface area contributed by atoms with E-state index in [0.717, 1.165) is 11.5 Å². The van der Waals surface area contributed by atoms with Crippen LogP contribution in [0.25, 0.3) is 0 Å². The zero-order chi connectivity index (χ0) is 24.7. The minimum atomic E-state index is -5.11. The second kappa shape index (κ2) is 11.1. The normalized spacial score (nSPS) is 13.7. The highest BCUT2D eigenvalue weighted by atomic mass is 32.2. The van der Waals surface area contributed by atoms with Crippen LogP contribution in [0.15, 0.2) is 48.5 Å². The fourth-order valence-electron chi connectivity index (χ4n) is 3.17. The smallest absolute Gasteiger partial charge is 0.472 e. The molecule has 182 valence electrons. The summed E-state index contributed by atoms with van der Waals surface area (Å²) in [4.78, 5) is 39.6. The number of carbonyl (C=O) groups excluding carboxylic acids is 3. The molecule has 2 aromatic rings. The Morgan fingerprint density at radius 3 is 2.35 bits per heavy atom. The number of hydrazine groups is 1. The summed E-state index contributed by atoms with van der Waals surface area (Å²) in [5.74, 6) is -0.882. The molecule has 1 fully saturated rings. The lowest BCUT2D eigenvalue weighted by atomic mass is 10.1. The summed E-state index contributed by atoms with van der Waals surface area (Å²) in [5, 5.41) is 0. The molecule has 4 amide bonds. The zero-order valence-electron chi connectivity index (χ0n) is 18.2. The number of rotatable bonds is 5. The first-order valence-electron chi connectivity index (χ1n) is 10.2. The Bertz CT molecular complexity index is 1030. The van der Waals surface area contributed by atoms with Crippen molar-refractivity contribution in [2.45, 2.75) is 12.7 Å². The Kier molecular flexibility index (Phi) is 8.26. The first kappa shape index (κ1) is 25.2. The van der Waals surface area contributed by atoms with Crippen LogP contribution in [0.3, 0.4) is 0 Å². The molecule has 0 saturated carbocycles. The van der Waals surface area contributed by atoms with Crippen molar-refractivity contribution < 1.29 is 32.3 Å². The van der Waals surface area contributed by atoms with Crippen LogP contribution in [0.4, 0.5) is 23.7 Å². The van der Waals surface area contributed by atoms with E-state index in [0.29, 0.717) is 30.1 Å². The summed E-state index contributed by atoms with van der Waals surface area (Å²) in [6.07, 6.45) is -5.11. The quantitative estimate of drug-likeness (QED) is 0.621. The van der Waals surface area contributed by atoms with Gasteiger partial charge in [0, 0.05) is 41.9 Å². The molecule has 1 aliphatic rings. The van der Waals surface area contributed by atoms with E-state index in [1.807, 2.05) is 0 Å². The molecule has 1 heterocycles. The number of benzene rings is 2. The molecule has 0 spiro atoms. The number of hydrogen-bond acceptors (Lipinski definition) is 5. The van der Waals surface area contributed by atoms with Gasteiger partial charge < -0.3 is 9.64 Å². The molecule has 12 heteroatoms. The van der Waals surface area contributed by atoms with E-state index in [4.69, 9.17) is 4.74 Å². The monoisotopic (exact) mass is 496 g/mol. The average Bonchev–Trinajstić information content (AvgIpc) is 2.85. The number of carbonyl (C=O) groups is 3. The fourth-order valence-corrected chi connectivity index (χ4v) is 4.08. The van der Waals surface area contributed by atoms with Gasteiger partial charge in [-0.2, -0.15) is 24.9 Å². The van der Waals surface area contributed by atoms with Gasteiger partial charge in [0.1, 0.15) is 5.75 Å². The molecule has 1 aliphatic heterocycles. The van der Waals surface area contributed by atoms with Gasteiger partial charge in [0.15, 0.2) is 0 Å². The first-order chi connectivity index (χ1) is 16.2. The Labute approximate surface area is 198 Å². The molecule has 0 aliphatic carbocycles. The predicted octanol–water partition coefficient (Wildman–Crippen LogP) is 3.19. The average molecular weight is 497 g/mol. The highest BCUT2D eigenvalue weighted by Gasteiger charge is 2.39. The molecule has 1 saturated heterocycles. The van der Waals surface area contributed by atoms with Crippen molar-refractivity contribution in [3.8, 4) is 5.75 Å². The van der Waals surface area contributed by atoms with E-state index in [9.17, 15) is 27.6 Å². The SMILES string of the molecule is COc1cccc(N(Cc2ccc(C(=O)NNC(=O)C(F)(F)F)cc2)C(=O)N2CCSCC2)c1. The van der Waals surface area contributed by atoms with E-state index in [2.05, 4.69) is 0 Å². The van der Waals surface area contributed by atoms with Crippen LogP contribution in [-0.4, -0.2) is 60.6 Å². The number of nitrogens with one attached hydrogen (secondary N) is 2. The van der Waals surface area contributed by atoms with Gasteiger partial charge >= 0.3 is 18.1 Å². The van der Waals surface area contributed by atoms with Crippen molar-refractivity contribution >= 4 is 35.3 Å². The number of ether oxygens (including phenoxy) is 1. The molecule has 2 N–H and O–H groups in total. The first-order valence-corrected chi connectivity index (χ1v) is 11.4. The summed E-state index contributed by atoms with van der Waals surface area (Å²) >= 11 is 1.79. The van der Waals surface area contributed by atoms with Gasteiger partial charge in [-0.1, -0.05) is 18.2 Å². The van der Waals surface area contributed by atoms with Crippen molar-refractivity contribution in [1.82, 2.24) is 15.8 Å². The molecular weight excluding hydrogens is 473 g/mol. The second-order valence-electron chi connectivity index (χ2n) is 7.27. The van der Waals surface area contributed by atoms with Crippen LogP contribution < -0.4 is 20.5 Å². The highest BCUT2D eigenvalue weighted by molar-refractivity contribution is 7.99. The maximum atomic E-state index is 13.3. The molecule has 0 radical (unpaired) electrons. The maximum Gasteiger partial charge on any atom is 0.472 e. The van der Waals surface area contributed by atoms with Crippen LogP contribution in [-0.2, 0) is 11.3 Å². The maximum absolute atomic E-state index is 13.3. The van der Waals surface area contributed by atoms with E-state index in [-0.39, 0.29) is 18.1 Å². The Balaban J connectivity index is 1.74. The number of anilines is 1. The molecule has 8 nitrogen and oxygen atoms in total. The number of methoxy groups -OCH3 is 1. The lowest BCUT2D eigenvalue weighted by Crippen LogP contribution is -2.47. The molecular formula is C22H23F3N4O4S. The number of thioether (sulfide) groups is 1. The van der Waals surface area contributed by atoms with Gasteiger partial charge in [-0.15, -0.1) is 0 Å². The van der Waals surface area contributed by atoms with Gasteiger partial charge in [0.05, 0.1) is 13.7 Å². The van der Waals surface area contributed by atoms with Gasteiger partial charge in [-0.25, -0.2) is 4.79 Å². The third kappa shape index (κ3) is 6.56. The molecule has 0 aromatic heterocycles. The lowest BCUT2D eigenvalue weighted by molar-refractivity contribution is -0.174. The van der Waals surface area contributed by atoms with Crippen LogP contribution in [0.5, 0.6) is 5.75 Å². The molecule has 0 unspecified atom stereocenters. The van der Waals surface area contributed by atoms with Crippen molar-refractivity contribution in [2.24, 2.45) is 0 Å². The number of urea groups is 1. The zero-order valence-corrected chi connectivity index (χ0v) is 19.0. The van der Waals surface area contributed by atoms with Crippen LogP contribution >= 0.6 is 11.8 Å². The molecule has 3 rings (SSSR count). The number of halogens is 3. The minimum absolute atomic E-state index is 0.0403. The van der Waals surface area contributed by atoms with E-state index in [1.165, 1.54) is 24.7 Å². The molecule has 0 atom stereocenters. The van der Waals surface area contributed by atoms with Gasteiger partial charge in [-0.05, 0) is 29.8 Å². The summed E-state index contributed by atoms with van der Waals surface area (Å²) in [7, 11) is 1.54. The highest BCUT2D eigenvalue weighted by Crippen LogP contribution is 2.25. The minimum Gasteiger partial charge on any atom is -0.497 e. The molecule has 34 heavy (non-hydrogen) atoms. The molecule has 2 aromatic carbocycles. The van der Waals surface area contributed by atoms with Gasteiger partial charge in [0.25, 0.3) is 5.91 Å². The third-order valence-corrected chi connectivity index (χ3v) is 5.92. The lowest BCUT2D eigenvalue weighted by Gasteiger charge is -2.33. The van der Waals surface area contributed by atoms with Crippen molar-refractivity contribution in [1.29, 1.82) is 0 Å². The summed E-state index contributed by atoms with van der Waals surface area (Å²) in [5.41, 5.74) is 4.41. The fraction of sp³-hybridized carbons (Fsp3) is 0.318. The van der Waals surface area contributed by atoms with E-state index >= 15 is 0 Å². The predicted molar refractivity (Wildman–Crippen MR) is 122 cm³/mol. The second-order valence-corrected chi connectivity index (χ2v) is 8.50. The third-order valence-electron chi connectivity index (χ3n) is 4.98. The van der Waals surface area contributed by atoms with Gasteiger partial charge in [0.2, 0.25) is 0 Å². The Morgan fingerprint density at radius 1 is 1.06 bits per heavy atom. The summed E-state index contributed by atoms with van der Waals surface area (Å²) in [6, 6.07) is 12.9. The van der Waals surface area contributed by atoms with Crippen molar-refractivity contribution in [3.05, 3.63) is 59.7 Å². The van der Waals surface area contributed by atoms with Crippen LogP contribution in [0, 0.1) is 0 Å².